The van der Waals surface area contributed by atoms with Gasteiger partial charge in [0.25, 0.3) is 0 Å². The van der Waals surface area contributed by atoms with Crippen LogP contribution in [0.15, 0.2) is 0 Å². The fourth-order valence-electron chi connectivity index (χ4n) is 5.09. The van der Waals surface area contributed by atoms with Gasteiger partial charge in [-0.25, -0.2) is 0 Å². The maximum atomic E-state index is 6.90. The van der Waals surface area contributed by atoms with Crippen LogP contribution in [0.5, 0.6) is 0 Å². The van der Waals surface area contributed by atoms with Crippen molar-refractivity contribution in [1.29, 1.82) is 0 Å². The Labute approximate surface area is 160 Å². The zero-order chi connectivity index (χ0) is 19.4. The van der Waals surface area contributed by atoms with Crippen LogP contribution in [0, 0.1) is 35.5 Å². The van der Waals surface area contributed by atoms with Gasteiger partial charge in [0.2, 0.25) is 0 Å². The van der Waals surface area contributed by atoms with Crippen molar-refractivity contribution in [2.75, 3.05) is 0 Å². The van der Waals surface area contributed by atoms with Crippen LogP contribution in [0.2, 0.25) is 0 Å². The zero-order valence-electron chi connectivity index (χ0n) is 19.0. The average Bonchev–Trinajstić information content (AvgIpc) is 2.58. The van der Waals surface area contributed by atoms with Gasteiger partial charge in [-0.05, 0) is 48.3 Å². The van der Waals surface area contributed by atoms with Gasteiger partial charge in [0.1, 0.15) is 0 Å². The van der Waals surface area contributed by atoms with E-state index in [1.807, 2.05) is 0 Å². The molecule has 0 fully saturated rings. The van der Waals surface area contributed by atoms with Crippen molar-refractivity contribution in [2.24, 2.45) is 41.2 Å². The molecule has 0 saturated carbocycles. The molecule has 6 unspecified atom stereocenters. The molecule has 0 amide bonds. The molecule has 0 spiro atoms. The van der Waals surface area contributed by atoms with Crippen LogP contribution in [-0.4, -0.2) is 6.04 Å². The van der Waals surface area contributed by atoms with Gasteiger partial charge >= 0.3 is 0 Å². The van der Waals surface area contributed by atoms with Crippen LogP contribution < -0.4 is 5.73 Å². The van der Waals surface area contributed by atoms with Crippen molar-refractivity contribution in [1.82, 2.24) is 0 Å². The molecule has 0 radical (unpaired) electrons. The molecule has 0 saturated heterocycles. The highest BCUT2D eigenvalue weighted by Gasteiger charge is 2.35. The Morgan fingerprint density at radius 2 is 1.28 bits per heavy atom. The summed E-state index contributed by atoms with van der Waals surface area (Å²) in [5.41, 5.74) is 6.90. The Morgan fingerprint density at radius 3 is 1.76 bits per heavy atom. The lowest BCUT2D eigenvalue weighted by Crippen LogP contribution is -2.43. The third-order valence-corrected chi connectivity index (χ3v) is 6.91. The highest BCUT2D eigenvalue weighted by atomic mass is 14.7. The largest absolute Gasteiger partial charge is 0.327 e. The van der Waals surface area contributed by atoms with Gasteiger partial charge in [-0.1, -0.05) is 100 Å². The molecule has 1 heteroatoms. The molecule has 0 bridgehead atoms. The molecule has 2 N–H and O–H groups in total. The van der Waals surface area contributed by atoms with Gasteiger partial charge in [-0.15, -0.1) is 0 Å². The lowest BCUT2D eigenvalue weighted by molar-refractivity contribution is 0.0963. The fourth-order valence-corrected chi connectivity index (χ4v) is 5.09. The molecule has 0 aliphatic carbocycles. The number of nitrogens with two attached hydrogens (primary N) is 1. The standard InChI is InChI=1S/C24H51N/c1-9-12-14-15-16-20(7)24(25)22(17-13-10-2)21(8)23(18(4)5)19(6)11-3/h18-24H,9-17,25H2,1-8H3. The molecule has 0 heterocycles. The number of hydrogen-bond acceptors (Lipinski definition) is 1. The molecule has 152 valence electrons. The number of hydrogen-bond donors (Lipinski definition) is 1. The second-order valence-corrected chi connectivity index (χ2v) is 9.28. The van der Waals surface area contributed by atoms with Crippen LogP contribution in [0.25, 0.3) is 0 Å². The van der Waals surface area contributed by atoms with E-state index in [0.717, 1.165) is 23.7 Å². The summed E-state index contributed by atoms with van der Waals surface area (Å²) in [4.78, 5) is 0. The SMILES string of the molecule is CCCCCCC(C)C(N)C(CCCC)C(C)C(C(C)C)C(C)CC. The Kier molecular flexibility index (Phi) is 14.0. The Balaban J connectivity index is 5.04. The number of rotatable bonds is 15. The van der Waals surface area contributed by atoms with Crippen LogP contribution in [0.4, 0.5) is 0 Å². The van der Waals surface area contributed by atoms with E-state index in [1.165, 1.54) is 57.8 Å². The van der Waals surface area contributed by atoms with E-state index in [-0.39, 0.29) is 0 Å². The summed E-state index contributed by atoms with van der Waals surface area (Å²) in [6.07, 6.45) is 12.0. The molecular formula is C24H51N. The maximum Gasteiger partial charge on any atom is 0.00956 e. The van der Waals surface area contributed by atoms with Crippen molar-refractivity contribution in [3.05, 3.63) is 0 Å². The van der Waals surface area contributed by atoms with E-state index in [9.17, 15) is 0 Å². The van der Waals surface area contributed by atoms with E-state index < -0.39 is 0 Å². The van der Waals surface area contributed by atoms with Crippen LogP contribution >= 0.6 is 0 Å². The van der Waals surface area contributed by atoms with Crippen molar-refractivity contribution in [2.45, 2.75) is 119 Å². The Bertz CT molecular complexity index is 298. The molecule has 6 atom stereocenters. The fraction of sp³-hybridized carbons (Fsp3) is 1.00. The lowest BCUT2D eigenvalue weighted by atomic mass is 9.66. The minimum absolute atomic E-state index is 0.369. The second kappa shape index (κ2) is 14.1. The summed E-state index contributed by atoms with van der Waals surface area (Å²) >= 11 is 0. The van der Waals surface area contributed by atoms with E-state index in [1.54, 1.807) is 0 Å². The van der Waals surface area contributed by atoms with Gasteiger partial charge < -0.3 is 5.73 Å². The van der Waals surface area contributed by atoms with Gasteiger partial charge in [0.15, 0.2) is 0 Å². The number of unbranched alkanes of at least 4 members (excludes halogenated alkanes) is 4. The predicted molar refractivity (Wildman–Crippen MR) is 116 cm³/mol. The molecule has 0 aromatic rings. The molecule has 25 heavy (non-hydrogen) atoms. The Hall–Kier alpha value is -0.0400. The highest BCUT2D eigenvalue weighted by molar-refractivity contribution is 4.87. The highest BCUT2D eigenvalue weighted by Crippen LogP contribution is 2.39. The summed E-state index contributed by atoms with van der Waals surface area (Å²) in [6, 6.07) is 0.369. The van der Waals surface area contributed by atoms with Crippen LogP contribution in [0.1, 0.15) is 113 Å². The summed E-state index contributed by atoms with van der Waals surface area (Å²) in [6.45, 7) is 19.2. The molecule has 0 aliphatic heterocycles. The van der Waals surface area contributed by atoms with Crippen molar-refractivity contribution >= 4 is 0 Å². The van der Waals surface area contributed by atoms with E-state index in [4.69, 9.17) is 5.73 Å². The normalized spacial score (nSPS) is 19.4. The topological polar surface area (TPSA) is 26.0 Å². The first-order chi connectivity index (χ1) is 11.8. The summed E-state index contributed by atoms with van der Waals surface area (Å²) in [7, 11) is 0. The minimum Gasteiger partial charge on any atom is -0.327 e. The zero-order valence-corrected chi connectivity index (χ0v) is 19.0. The lowest BCUT2D eigenvalue weighted by Gasteiger charge is -2.41. The smallest absolute Gasteiger partial charge is 0.00956 e. The van der Waals surface area contributed by atoms with Gasteiger partial charge in [0, 0.05) is 6.04 Å². The summed E-state index contributed by atoms with van der Waals surface area (Å²) < 4.78 is 0. The van der Waals surface area contributed by atoms with E-state index in [0.29, 0.717) is 17.9 Å². The third kappa shape index (κ3) is 8.94. The van der Waals surface area contributed by atoms with Crippen molar-refractivity contribution < 1.29 is 0 Å². The third-order valence-electron chi connectivity index (χ3n) is 6.91. The minimum atomic E-state index is 0.369. The van der Waals surface area contributed by atoms with Crippen molar-refractivity contribution in [3.63, 3.8) is 0 Å². The second-order valence-electron chi connectivity index (χ2n) is 9.28. The van der Waals surface area contributed by atoms with Gasteiger partial charge in [-0.3, -0.25) is 0 Å². The first kappa shape index (κ1) is 25.0. The average molecular weight is 354 g/mol. The summed E-state index contributed by atoms with van der Waals surface area (Å²) in [5, 5.41) is 0. The van der Waals surface area contributed by atoms with E-state index in [2.05, 4.69) is 55.4 Å². The maximum absolute atomic E-state index is 6.90. The van der Waals surface area contributed by atoms with Gasteiger partial charge in [-0.2, -0.15) is 0 Å². The first-order valence-corrected chi connectivity index (χ1v) is 11.6. The predicted octanol–water partition coefficient (Wildman–Crippen LogP) is 7.68. The van der Waals surface area contributed by atoms with Crippen LogP contribution in [0.3, 0.4) is 0 Å². The van der Waals surface area contributed by atoms with Crippen LogP contribution in [-0.2, 0) is 0 Å². The molecule has 0 aliphatic rings. The molecule has 1 nitrogen and oxygen atoms in total. The van der Waals surface area contributed by atoms with E-state index >= 15 is 0 Å². The van der Waals surface area contributed by atoms with Gasteiger partial charge in [0.05, 0.1) is 0 Å². The molecular weight excluding hydrogens is 302 g/mol. The first-order valence-electron chi connectivity index (χ1n) is 11.6. The van der Waals surface area contributed by atoms with Crippen molar-refractivity contribution in [3.8, 4) is 0 Å². The Morgan fingerprint density at radius 1 is 0.680 bits per heavy atom. The molecule has 0 rings (SSSR count). The molecule has 0 aromatic heterocycles. The monoisotopic (exact) mass is 353 g/mol. The summed E-state index contributed by atoms with van der Waals surface area (Å²) in [5.74, 6) is 4.42. The molecule has 0 aromatic carbocycles. The quantitative estimate of drug-likeness (QED) is 0.300.